The van der Waals surface area contributed by atoms with Crippen LogP contribution in [-0.4, -0.2) is 20.3 Å². The highest BCUT2D eigenvalue weighted by atomic mass is 32.2. The van der Waals surface area contributed by atoms with Gasteiger partial charge in [0.05, 0.1) is 10.5 Å². The van der Waals surface area contributed by atoms with Crippen LogP contribution in [0, 0.1) is 0 Å². The van der Waals surface area contributed by atoms with Gasteiger partial charge in [-0.15, -0.1) is 0 Å². The van der Waals surface area contributed by atoms with Crippen molar-refractivity contribution in [3.63, 3.8) is 0 Å². The Bertz CT molecular complexity index is 516. The van der Waals surface area contributed by atoms with Gasteiger partial charge in [-0.1, -0.05) is 0 Å². The topological polar surface area (TPSA) is 46.2 Å². The van der Waals surface area contributed by atoms with E-state index in [0.717, 1.165) is 30.7 Å². The van der Waals surface area contributed by atoms with E-state index in [-0.39, 0.29) is 4.90 Å². The molecule has 1 N–H and O–H groups in total. The van der Waals surface area contributed by atoms with Gasteiger partial charge in [-0.05, 0) is 43.7 Å². The van der Waals surface area contributed by atoms with Crippen LogP contribution in [0.3, 0.4) is 0 Å². The number of benzene rings is 1. The summed E-state index contributed by atoms with van der Waals surface area (Å²) in [7, 11) is -3.58. The third-order valence-electron chi connectivity index (χ3n) is 2.90. The van der Waals surface area contributed by atoms with Crippen LogP contribution >= 0.6 is 0 Å². The van der Waals surface area contributed by atoms with Gasteiger partial charge in [0.25, 0.3) is 0 Å². The average molecular weight is 279 g/mol. The van der Waals surface area contributed by atoms with Gasteiger partial charge in [0, 0.05) is 0 Å². The number of alkyl halides is 3. The first-order valence-electron chi connectivity index (χ1n) is 5.46. The Labute approximate surface area is 103 Å². The van der Waals surface area contributed by atoms with Crippen LogP contribution in [0.25, 0.3) is 0 Å². The summed E-state index contributed by atoms with van der Waals surface area (Å²) in [6.45, 7) is 0.616. The highest BCUT2D eigenvalue weighted by molar-refractivity contribution is 7.92. The normalized spacial score (nSPS) is 21.2. The molecule has 0 radical (unpaired) electrons. The van der Waals surface area contributed by atoms with Crippen molar-refractivity contribution in [1.29, 1.82) is 0 Å². The molecule has 1 saturated heterocycles. The molecule has 18 heavy (non-hydrogen) atoms. The Morgan fingerprint density at radius 3 is 2.22 bits per heavy atom. The van der Waals surface area contributed by atoms with Gasteiger partial charge in [-0.25, -0.2) is 8.42 Å². The van der Waals surface area contributed by atoms with Crippen LogP contribution in [0.2, 0.25) is 0 Å². The lowest BCUT2D eigenvalue weighted by Gasteiger charge is -2.13. The Morgan fingerprint density at radius 2 is 1.78 bits per heavy atom. The molecule has 0 spiro atoms. The van der Waals surface area contributed by atoms with Crippen molar-refractivity contribution >= 4 is 9.84 Å². The van der Waals surface area contributed by atoms with Crippen LogP contribution in [0.5, 0.6) is 0 Å². The molecular formula is C11H12F3NO2S. The standard InChI is InChI=1S/C11H12F3NO2S/c12-11(13,14)8-3-5-9(6-4-8)18(16,17)10-2-1-7-15-10/h3-6,10,15H,1-2,7H2/t10-/m1/s1. The summed E-state index contributed by atoms with van der Waals surface area (Å²) >= 11 is 0. The number of sulfone groups is 1. The first kappa shape index (κ1) is 13.4. The molecule has 0 bridgehead atoms. The maximum atomic E-state index is 12.4. The molecule has 2 rings (SSSR count). The number of hydrogen-bond donors (Lipinski definition) is 1. The van der Waals surface area contributed by atoms with E-state index in [1.54, 1.807) is 0 Å². The number of halogens is 3. The molecular weight excluding hydrogens is 267 g/mol. The summed E-state index contributed by atoms with van der Waals surface area (Å²) in [5.74, 6) is 0. The first-order chi connectivity index (χ1) is 8.32. The van der Waals surface area contributed by atoms with Gasteiger partial charge in [-0.2, -0.15) is 13.2 Å². The molecule has 0 aromatic heterocycles. The lowest BCUT2D eigenvalue weighted by molar-refractivity contribution is -0.137. The molecule has 0 saturated carbocycles. The van der Waals surface area contributed by atoms with Crippen molar-refractivity contribution < 1.29 is 21.6 Å². The molecule has 100 valence electrons. The Hall–Kier alpha value is -1.08. The third kappa shape index (κ3) is 2.51. The van der Waals surface area contributed by atoms with Crippen molar-refractivity contribution in [2.45, 2.75) is 29.3 Å². The van der Waals surface area contributed by atoms with Gasteiger partial charge >= 0.3 is 6.18 Å². The molecule has 1 fully saturated rings. The molecule has 1 aliphatic heterocycles. The second-order valence-electron chi connectivity index (χ2n) is 4.15. The van der Waals surface area contributed by atoms with Crippen molar-refractivity contribution in [3.05, 3.63) is 29.8 Å². The van der Waals surface area contributed by atoms with Gasteiger partial charge in [-0.3, -0.25) is 0 Å². The summed E-state index contributed by atoms with van der Waals surface area (Å²) in [6, 6.07) is 3.61. The summed E-state index contributed by atoms with van der Waals surface area (Å²) in [4.78, 5) is -0.0742. The predicted octanol–water partition coefficient (Wildman–Crippen LogP) is 2.19. The molecule has 1 atom stereocenters. The predicted molar refractivity (Wildman–Crippen MR) is 59.7 cm³/mol. The van der Waals surface area contributed by atoms with Crippen LogP contribution in [0.1, 0.15) is 18.4 Å². The zero-order valence-electron chi connectivity index (χ0n) is 9.37. The van der Waals surface area contributed by atoms with Gasteiger partial charge in [0.2, 0.25) is 0 Å². The fourth-order valence-electron chi connectivity index (χ4n) is 1.92. The average Bonchev–Trinajstić information content (AvgIpc) is 2.82. The molecule has 1 heterocycles. The zero-order chi connectivity index (χ0) is 13.4. The van der Waals surface area contributed by atoms with Gasteiger partial charge < -0.3 is 5.32 Å². The van der Waals surface area contributed by atoms with Crippen molar-refractivity contribution in [1.82, 2.24) is 5.32 Å². The van der Waals surface area contributed by atoms with Crippen LogP contribution < -0.4 is 5.32 Å². The molecule has 7 heteroatoms. The lowest BCUT2D eigenvalue weighted by Crippen LogP contribution is -2.30. The van der Waals surface area contributed by atoms with Crippen molar-refractivity contribution in [3.8, 4) is 0 Å². The summed E-state index contributed by atoms with van der Waals surface area (Å²) in [6.07, 6.45) is -3.21. The molecule has 1 aromatic carbocycles. The molecule has 0 aliphatic carbocycles. The molecule has 1 aromatic rings. The largest absolute Gasteiger partial charge is 0.416 e. The van der Waals surface area contributed by atoms with Gasteiger partial charge in [0.15, 0.2) is 9.84 Å². The first-order valence-corrected chi connectivity index (χ1v) is 7.01. The monoisotopic (exact) mass is 279 g/mol. The van der Waals surface area contributed by atoms with Crippen LogP contribution in [0.15, 0.2) is 29.2 Å². The second kappa shape index (κ2) is 4.55. The highest BCUT2D eigenvalue weighted by Crippen LogP contribution is 2.30. The number of nitrogens with one attached hydrogen (secondary N) is 1. The SMILES string of the molecule is O=S(=O)(c1ccc(C(F)(F)F)cc1)[C@@H]1CCCN1. The fourth-order valence-corrected chi connectivity index (χ4v) is 3.57. The quantitative estimate of drug-likeness (QED) is 0.902. The maximum absolute atomic E-state index is 12.4. The third-order valence-corrected chi connectivity index (χ3v) is 4.98. The second-order valence-corrected chi connectivity index (χ2v) is 6.28. The number of rotatable bonds is 2. The van der Waals surface area contributed by atoms with E-state index in [4.69, 9.17) is 0 Å². The number of hydrogen-bond acceptors (Lipinski definition) is 3. The van der Waals surface area contributed by atoms with Crippen LogP contribution in [-0.2, 0) is 16.0 Å². The molecule has 3 nitrogen and oxygen atoms in total. The Morgan fingerprint density at radius 1 is 1.17 bits per heavy atom. The lowest BCUT2D eigenvalue weighted by atomic mass is 10.2. The molecule has 0 amide bonds. The van der Waals surface area contributed by atoms with E-state index in [0.29, 0.717) is 13.0 Å². The van der Waals surface area contributed by atoms with E-state index in [9.17, 15) is 21.6 Å². The van der Waals surface area contributed by atoms with E-state index in [1.807, 2.05) is 0 Å². The van der Waals surface area contributed by atoms with Crippen molar-refractivity contribution in [2.75, 3.05) is 6.54 Å². The summed E-state index contributed by atoms with van der Waals surface area (Å²) in [5, 5.41) is 2.14. The maximum Gasteiger partial charge on any atom is 0.416 e. The minimum absolute atomic E-state index is 0.0742. The summed E-state index contributed by atoms with van der Waals surface area (Å²) in [5.41, 5.74) is -0.846. The minimum atomic E-state index is -4.45. The van der Waals surface area contributed by atoms with Crippen LogP contribution in [0.4, 0.5) is 13.2 Å². The van der Waals surface area contributed by atoms with E-state index < -0.39 is 27.0 Å². The zero-order valence-corrected chi connectivity index (χ0v) is 10.2. The molecule has 1 aliphatic rings. The van der Waals surface area contributed by atoms with E-state index in [1.165, 1.54) is 0 Å². The van der Waals surface area contributed by atoms with E-state index >= 15 is 0 Å². The fraction of sp³-hybridized carbons (Fsp3) is 0.455. The Balaban J connectivity index is 2.29. The highest BCUT2D eigenvalue weighted by Gasteiger charge is 2.33. The summed E-state index contributed by atoms with van der Waals surface area (Å²) < 4.78 is 61.2. The van der Waals surface area contributed by atoms with Gasteiger partial charge in [0.1, 0.15) is 5.37 Å². The smallest absolute Gasteiger partial charge is 0.301 e. The Kier molecular flexibility index (Phi) is 3.37. The van der Waals surface area contributed by atoms with Crippen molar-refractivity contribution in [2.24, 2.45) is 0 Å². The minimum Gasteiger partial charge on any atom is -0.301 e. The molecule has 0 unspecified atom stereocenters. The van der Waals surface area contributed by atoms with E-state index in [2.05, 4.69) is 5.32 Å².